The van der Waals surface area contributed by atoms with Gasteiger partial charge in [-0.25, -0.2) is 4.98 Å². The number of rotatable bonds is 9. The van der Waals surface area contributed by atoms with Gasteiger partial charge in [0.25, 0.3) is 0 Å². The lowest BCUT2D eigenvalue weighted by Gasteiger charge is -2.06. The summed E-state index contributed by atoms with van der Waals surface area (Å²) in [6.07, 6.45) is 7.56. The number of imidazole rings is 1. The molecule has 0 saturated carbocycles. The summed E-state index contributed by atoms with van der Waals surface area (Å²) in [5.41, 5.74) is 3.04. The molecule has 0 aliphatic carbocycles. The minimum absolute atomic E-state index is 0.107. The molecular weight excluding hydrogens is 332 g/mol. The zero-order valence-electron chi connectivity index (χ0n) is 15.1. The molecule has 0 saturated heterocycles. The third-order valence-electron chi connectivity index (χ3n) is 4.55. The van der Waals surface area contributed by atoms with Gasteiger partial charge in [0.05, 0.1) is 21.6 Å². The normalized spacial score (nSPS) is 11.4. The van der Waals surface area contributed by atoms with Gasteiger partial charge < -0.3 is 4.74 Å². The summed E-state index contributed by atoms with van der Waals surface area (Å²) >= 11 is 1.67. The average Bonchev–Trinajstić information content (AvgIpc) is 3.10. The largest absolute Gasteiger partial charge is 0.459 e. The standard InChI is InChI=1S/C20H26N2O2S/c1-3-4-5-6-7-8-13-19(23)24-14-17-15(2)21-20-22(17)16-11-9-10-12-18(16)25-20/h9-12H,3-8,13-14H2,1-2H3. The van der Waals surface area contributed by atoms with Crippen LogP contribution in [0.1, 0.15) is 63.3 Å². The Morgan fingerprint density at radius 2 is 1.92 bits per heavy atom. The van der Waals surface area contributed by atoms with Crippen molar-refractivity contribution in [1.82, 2.24) is 9.38 Å². The number of carbonyl (C=O) groups excluding carboxylic acids is 1. The van der Waals surface area contributed by atoms with Gasteiger partial charge in [-0.05, 0) is 25.5 Å². The summed E-state index contributed by atoms with van der Waals surface area (Å²) in [7, 11) is 0. The molecule has 3 rings (SSSR count). The molecule has 1 aromatic carbocycles. The van der Waals surface area contributed by atoms with E-state index >= 15 is 0 Å². The summed E-state index contributed by atoms with van der Waals surface area (Å²) in [5, 5.41) is 0. The van der Waals surface area contributed by atoms with Gasteiger partial charge in [0.15, 0.2) is 4.96 Å². The molecule has 2 aromatic heterocycles. The number of unbranched alkanes of at least 4 members (excludes halogenated alkanes) is 5. The first-order chi connectivity index (χ1) is 12.2. The SMILES string of the molecule is CCCCCCCCC(=O)OCc1c(C)nc2sc3ccccc3n12. The second-order valence-electron chi connectivity index (χ2n) is 6.51. The van der Waals surface area contributed by atoms with E-state index in [2.05, 4.69) is 28.4 Å². The highest BCUT2D eigenvalue weighted by molar-refractivity contribution is 7.23. The highest BCUT2D eigenvalue weighted by atomic mass is 32.1. The molecule has 4 nitrogen and oxygen atoms in total. The lowest BCUT2D eigenvalue weighted by Crippen LogP contribution is -2.06. The number of fused-ring (bicyclic) bond motifs is 3. The Balaban J connectivity index is 1.58. The Morgan fingerprint density at radius 1 is 1.16 bits per heavy atom. The summed E-state index contributed by atoms with van der Waals surface area (Å²) in [6.45, 7) is 4.48. The molecule has 0 amide bonds. The van der Waals surface area contributed by atoms with E-state index in [1.54, 1.807) is 11.3 Å². The molecule has 134 valence electrons. The van der Waals surface area contributed by atoms with Crippen LogP contribution in [0.15, 0.2) is 24.3 Å². The van der Waals surface area contributed by atoms with E-state index in [0.717, 1.165) is 34.7 Å². The van der Waals surface area contributed by atoms with Gasteiger partial charge >= 0.3 is 5.97 Å². The molecule has 0 spiro atoms. The monoisotopic (exact) mass is 358 g/mol. The zero-order chi connectivity index (χ0) is 17.6. The van der Waals surface area contributed by atoms with Crippen LogP contribution in [0.5, 0.6) is 0 Å². The van der Waals surface area contributed by atoms with Gasteiger partial charge in [0, 0.05) is 6.42 Å². The van der Waals surface area contributed by atoms with E-state index in [1.807, 2.05) is 19.1 Å². The Labute approximate surface area is 152 Å². The van der Waals surface area contributed by atoms with Crippen LogP contribution >= 0.6 is 11.3 Å². The molecule has 25 heavy (non-hydrogen) atoms. The fourth-order valence-corrected chi connectivity index (χ4v) is 4.21. The van der Waals surface area contributed by atoms with E-state index in [4.69, 9.17) is 4.74 Å². The van der Waals surface area contributed by atoms with E-state index < -0.39 is 0 Å². The van der Waals surface area contributed by atoms with E-state index in [1.165, 1.54) is 30.4 Å². The van der Waals surface area contributed by atoms with Gasteiger partial charge in [-0.2, -0.15) is 0 Å². The van der Waals surface area contributed by atoms with Crippen LogP contribution in [0.2, 0.25) is 0 Å². The first-order valence-corrected chi connectivity index (χ1v) is 10.0. The van der Waals surface area contributed by atoms with Crippen LogP contribution in [-0.4, -0.2) is 15.4 Å². The van der Waals surface area contributed by atoms with E-state index in [0.29, 0.717) is 13.0 Å². The Hall–Kier alpha value is -1.88. The molecule has 0 fully saturated rings. The van der Waals surface area contributed by atoms with Crippen LogP contribution < -0.4 is 0 Å². The summed E-state index contributed by atoms with van der Waals surface area (Å²) in [6, 6.07) is 8.24. The van der Waals surface area contributed by atoms with E-state index in [9.17, 15) is 4.79 Å². The van der Waals surface area contributed by atoms with Crippen molar-refractivity contribution in [3.8, 4) is 0 Å². The molecule has 0 radical (unpaired) electrons. The van der Waals surface area contributed by atoms with Gasteiger partial charge in [0.1, 0.15) is 6.61 Å². The van der Waals surface area contributed by atoms with E-state index in [-0.39, 0.29) is 5.97 Å². The van der Waals surface area contributed by atoms with Crippen LogP contribution in [0, 0.1) is 6.92 Å². The maximum Gasteiger partial charge on any atom is 0.306 e. The van der Waals surface area contributed by atoms with Gasteiger partial charge in [0.2, 0.25) is 0 Å². The van der Waals surface area contributed by atoms with Crippen molar-refractivity contribution in [3.63, 3.8) is 0 Å². The number of thiazole rings is 1. The lowest BCUT2D eigenvalue weighted by molar-refractivity contribution is -0.145. The first kappa shape index (κ1) is 17.9. The fourth-order valence-electron chi connectivity index (χ4n) is 3.12. The van der Waals surface area contributed by atoms with Crippen molar-refractivity contribution < 1.29 is 9.53 Å². The second kappa shape index (κ2) is 8.48. The highest BCUT2D eigenvalue weighted by Crippen LogP contribution is 2.28. The third-order valence-corrected chi connectivity index (χ3v) is 5.58. The Bertz CT molecular complexity index is 850. The third kappa shape index (κ3) is 4.21. The van der Waals surface area contributed by atoms with Crippen molar-refractivity contribution in [3.05, 3.63) is 35.7 Å². The number of nitrogens with zero attached hydrogens (tertiary/aromatic N) is 2. The first-order valence-electron chi connectivity index (χ1n) is 9.21. The van der Waals surface area contributed by atoms with Crippen LogP contribution in [0.25, 0.3) is 15.2 Å². The topological polar surface area (TPSA) is 43.6 Å². The molecule has 0 aliphatic heterocycles. The molecule has 3 aromatic rings. The number of aryl methyl sites for hydroxylation is 1. The van der Waals surface area contributed by atoms with Gasteiger partial charge in [-0.3, -0.25) is 9.20 Å². The van der Waals surface area contributed by atoms with Crippen molar-refractivity contribution in [1.29, 1.82) is 0 Å². The maximum absolute atomic E-state index is 12.0. The molecule has 5 heteroatoms. The number of hydrogen-bond acceptors (Lipinski definition) is 4. The molecule has 2 heterocycles. The molecule has 0 bridgehead atoms. The van der Waals surface area contributed by atoms with Crippen LogP contribution in [-0.2, 0) is 16.1 Å². The predicted molar refractivity (Wildman–Crippen MR) is 103 cm³/mol. The maximum atomic E-state index is 12.0. The number of carbonyl (C=O) groups is 1. The Morgan fingerprint density at radius 3 is 2.76 bits per heavy atom. The molecular formula is C20H26N2O2S. The number of esters is 1. The Kier molecular flexibility index (Phi) is 6.08. The fraction of sp³-hybridized carbons (Fsp3) is 0.500. The lowest BCUT2D eigenvalue weighted by atomic mass is 10.1. The summed E-state index contributed by atoms with van der Waals surface area (Å²) in [4.78, 5) is 17.6. The van der Waals surface area contributed by atoms with Crippen molar-refractivity contribution in [2.45, 2.75) is 65.4 Å². The number of aromatic nitrogens is 2. The molecule has 0 atom stereocenters. The van der Waals surface area contributed by atoms with Crippen LogP contribution in [0.4, 0.5) is 0 Å². The predicted octanol–water partition coefficient (Wildman–Crippen LogP) is 5.65. The summed E-state index contributed by atoms with van der Waals surface area (Å²) in [5.74, 6) is -0.107. The van der Waals surface area contributed by atoms with Gasteiger partial charge in [-0.15, -0.1) is 0 Å². The quantitative estimate of drug-likeness (QED) is 0.367. The molecule has 0 N–H and O–H groups in total. The number of hydrogen-bond donors (Lipinski definition) is 0. The second-order valence-corrected chi connectivity index (χ2v) is 7.52. The zero-order valence-corrected chi connectivity index (χ0v) is 15.9. The average molecular weight is 359 g/mol. The molecule has 0 unspecified atom stereocenters. The van der Waals surface area contributed by atoms with Crippen molar-refractivity contribution >= 4 is 32.5 Å². The minimum Gasteiger partial charge on any atom is -0.459 e. The van der Waals surface area contributed by atoms with Crippen molar-refractivity contribution in [2.24, 2.45) is 0 Å². The van der Waals surface area contributed by atoms with Crippen molar-refractivity contribution in [2.75, 3.05) is 0 Å². The molecule has 0 aliphatic rings. The highest BCUT2D eigenvalue weighted by Gasteiger charge is 2.15. The summed E-state index contributed by atoms with van der Waals surface area (Å²) < 4.78 is 8.84. The smallest absolute Gasteiger partial charge is 0.306 e. The van der Waals surface area contributed by atoms with Gasteiger partial charge in [-0.1, -0.05) is 62.5 Å². The number of ether oxygens (including phenoxy) is 1. The number of benzene rings is 1. The van der Waals surface area contributed by atoms with Crippen LogP contribution in [0.3, 0.4) is 0 Å². The number of para-hydroxylation sites is 1. The minimum atomic E-state index is -0.107.